The number of rotatable bonds is 5. The predicted molar refractivity (Wildman–Crippen MR) is 76.1 cm³/mol. The Hall–Kier alpha value is -0.930. The molecule has 1 N–H and O–H groups in total. The highest BCUT2D eigenvalue weighted by atomic mass is 35.5. The second-order valence-corrected chi connectivity index (χ2v) is 5.90. The molecule has 1 unspecified atom stereocenters. The second kappa shape index (κ2) is 5.59. The van der Waals surface area contributed by atoms with Crippen LogP contribution in [0.25, 0.3) is 0 Å². The van der Waals surface area contributed by atoms with E-state index in [1.54, 1.807) is 7.11 Å². The molecule has 0 amide bonds. The molecular weight excluding hydrogens is 262 g/mol. The molecule has 1 aromatic carbocycles. The summed E-state index contributed by atoms with van der Waals surface area (Å²) in [5.74, 6) is 2.87. The Bertz CT molecular complexity index is 442. The molecular formula is C15H20ClNO2. The lowest BCUT2D eigenvalue weighted by Gasteiger charge is -2.25. The van der Waals surface area contributed by atoms with Crippen molar-refractivity contribution in [3.63, 3.8) is 0 Å². The largest absolute Gasteiger partial charge is 0.493 e. The van der Waals surface area contributed by atoms with Crippen molar-refractivity contribution in [2.45, 2.75) is 25.4 Å². The number of halogens is 1. The van der Waals surface area contributed by atoms with Crippen LogP contribution in [0.1, 0.15) is 19.3 Å². The molecule has 0 aromatic heterocycles. The zero-order chi connectivity index (χ0) is 13.2. The maximum absolute atomic E-state index is 6.28. The van der Waals surface area contributed by atoms with Gasteiger partial charge in [0.25, 0.3) is 0 Å². The van der Waals surface area contributed by atoms with Gasteiger partial charge in [-0.1, -0.05) is 11.6 Å². The summed E-state index contributed by atoms with van der Waals surface area (Å²) in [5.41, 5.74) is 0. The molecule has 2 aliphatic rings. The molecule has 4 heteroatoms. The average molecular weight is 282 g/mol. The third-order valence-corrected chi connectivity index (χ3v) is 4.27. The van der Waals surface area contributed by atoms with Gasteiger partial charge in [-0.05, 0) is 43.9 Å². The molecule has 3 rings (SSSR count). The summed E-state index contributed by atoms with van der Waals surface area (Å²) in [4.78, 5) is 0. The van der Waals surface area contributed by atoms with Gasteiger partial charge in [0.1, 0.15) is 6.10 Å². The van der Waals surface area contributed by atoms with Crippen molar-refractivity contribution < 1.29 is 9.47 Å². The van der Waals surface area contributed by atoms with Gasteiger partial charge in [-0.25, -0.2) is 0 Å². The zero-order valence-electron chi connectivity index (χ0n) is 11.2. The molecule has 1 aliphatic heterocycles. The van der Waals surface area contributed by atoms with E-state index >= 15 is 0 Å². The van der Waals surface area contributed by atoms with Gasteiger partial charge < -0.3 is 14.8 Å². The fourth-order valence-electron chi connectivity index (χ4n) is 2.84. The third-order valence-electron chi connectivity index (χ3n) is 4.04. The first-order valence-electron chi connectivity index (χ1n) is 6.99. The molecule has 3 nitrogen and oxygen atoms in total. The maximum Gasteiger partial charge on any atom is 0.162 e. The molecule has 19 heavy (non-hydrogen) atoms. The van der Waals surface area contributed by atoms with Crippen LogP contribution in [0.5, 0.6) is 11.5 Å². The van der Waals surface area contributed by atoms with Crippen LogP contribution in [-0.4, -0.2) is 26.3 Å². The molecule has 1 heterocycles. The van der Waals surface area contributed by atoms with Gasteiger partial charge in [-0.15, -0.1) is 0 Å². The molecule has 2 atom stereocenters. The van der Waals surface area contributed by atoms with Crippen molar-refractivity contribution in [3.8, 4) is 11.5 Å². The van der Waals surface area contributed by atoms with Crippen molar-refractivity contribution in [2.75, 3.05) is 20.2 Å². The Kier molecular flexibility index (Phi) is 3.85. The lowest BCUT2D eigenvalue weighted by Crippen LogP contribution is -2.30. The molecule has 0 radical (unpaired) electrons. The van der Waals surface area contributed by atoms with Gasteiger partial charge in [0.05, 0.1) is 7.11 Å². The summed E-state index contributed by atoms with van der Waals surface area (Å²) in [6, 6.07) is 5.59. The SMILES string of the molecule is COc1cc(Cl)ccc1OC(C1CC1)[C@H]1CCNC1. The third kappa shape index (κ3) is 2.98. The smallest absolute Gasteiger partial charge is 0.162 e. The number of ether oxygens (including phenoxy) is 2. The minimum Gasteiger partial charge on any atom is -0.493 e. The summed E-state index contributed by atoms with van der Waals surface area (Å²) in [6.45, 7) is 2.17. The van der Waals surface area contributed by atoms with Gasteiger partial charge in [0.15, 0.2) is 11.5 Å². The van der Waals surface area contributed by atoms with E-state index in [4.69, 9.17) is 21.1 Å². The molecule has 0 spiro atoms. The Labute approximate surface area is 119 Å². The van der Waals surface area contributed by atoms with Crippen LogP contribution in [0.2, 0.25) is 5.02 Å². The first kappa shape index (κ1) is 13.1. The Morgan fingerprint density at radius 3 is 2.68 bits per heavy atom. The van der Waals surface area contributed by atoms with E-state index in [1.165, 1.54) is 19.3 Å². The summed E-state index contributed by atoms with van der Waals surface area (Å²) in [6.07, 6.45) is 4.09. The number of hydrogen-bond donors (Lipinski definition) is 1. The van der Waals surface area contributed by atoms with Crippen LogP contribution < -0.4 is 14.8 Å². The lowest BCUT2D eigenvalue weighted by atomic mass is 9.97. The summed E-state index contributed by atoms with van der Waals surface area (Å²) in [5, 5.41) is 4.10. The molecule has 1 aromatic rings. The lowest BCUT2D eigenvalue weighted by molar-refractivity contribution is 0.116. The van der Waals surface area contributed by atoms with E-state index in [0.29, 0.717) is 23.0 Å². The van der Waals surface area contributed by atoms with Crippen LogP contribution in [0, 0.1) is 11.8 Å². The monoisotopic (exact) mass is 281 g/mol. The summed E-state index contributed by atoms with van der Waals surface area (Å²) in [7, 11) is 1.65. The number of nitrogens with one attached hydrogen (secondary N) is 1. The number of hydrogen-bond acceptors (Lipinski definition) is 3. The van der Waals surface area contributed by atoms with Crippen LogP contribution in [-0.2, 0) is 0 Å². The normalized spacial score (nSPS) is 24.2. The predicted octanol–water partition coefficient (Wildman–Crippen LogP) is 3.12. The van der Waals surface area contributed by atoms with Crippen molar-refractivity contribution in [1.82, 2.24) is 5.32 Å². The van der Waals surface area contributed by atoms with Crippen molar-refractivity contribution >= 4 is 11.6 Å². The molecule has 1 aliphatic carbocycles. The zero-order valence-corrected chi connectivity index (χ0v) is 12.0. The highest BCUT2D eigenvalue weighted by Gasteiger charge is 2.39. The van der Waals surface area contributed by atoms with Crippen molar-refractivity contribution in [3.05, 3.63) is 23.2 Å². The van der Waals surface area contributed by atoms with Crippen molar-refractivity contribution in [2.24, 2.45) is 11.8 Å². The Balaban J connectivity index is 1.77. The highest BCUT2D eigenvalue weighted by molar-refractivity contribution is 6.30. The number of methoxy groups -OCH3 is 1. The highest BCUT2D eigenvalue weighted by Crippen LogP contribution is 2.41. The van der Waals surface area contributed by atoms with E-state index in [0.717, 1.165) is 24.6 Å². The van der Waals surface area contributed by atoms with Crippen molar-refractivity contribution in [1.29, 1.82) is 0 Å². The topological polar surface area (TPSA) is 30.5 Å². The van der Waals surface area contributed by atoms with Gasteiger partial charge in [-0.2, -0.15) is 0 Å². The fraction of sp³-hybridized carbons (Fsp3) is 0.600. The molecule has 2 fully saturated rings. The molecule has 104 valence electrons. The molecule has 1 saturated heterocycles. The van der Waals surface area contributed by atoms with Gasteiger partial charge in [-0.3, -0.25) is 0 Å². The molecule has 0 bridgehead atoms. The van der Waals surface area contributed by atoms with Gasteiger partial charge in [0.2, 0.25) is 0 Å². The van der Waals surface area contributed by atoms with Crippen LogP contribution in [0.3, 0.4) is 0 Å². The van der Waals surface area contributed by atoms with E-state index in [9.17, 15) is 0 Å². The van der Waals surface area contributed by atoms with Crippen LogP contribution >= 0.6 is 11.6 Å². The standard InChI is InChI=1S/C15H20ClNO2/c1-18-14-8-12(16)4-5-13(14)19-15(10-2-3-10)11-6-7-17-9-11/h4-5,8,10-11,15,17H,2-3,6-7,9H2,1H3/t11-,15?/m0/s1. The van der Waals surface area contributed by atoms with E-state index in [2.05, 4.69) is 5.32 Å². The molecule has 1 saturated carbocycles. The fourth-order valence-corrected chi connectivity index (χ4v) is 3.01. The minimum absolute atomic E-state index is 0.310. The summed E-state index contributed by atoms with van der Waals surface area (Å²) >= 11 is 5.99. The van der Waals surface area contributed by atoms with E-state index in [-0.39, 0.29) is 0 Å². The van der Waals surface area contributed by atoms with Gasteiger partial charge in [0, 0.05) is 23.6 Å². The van der Waals surface area contributed by atoms with Crippen LogP contribution in [0.15, 0.2) is 18.2 Å². The number of benzene rings is 1. The Morgan fingerprint density at radius 1 is 1.21 bits per heavy atom. The first-order valence-corrected chi connectivity index (χ1v) is 7.36. The maximum atomic E-state index is 6.28. The average Bonchev–Trinajstić information content (AvgIpc) is 3.11. The van der Waals surface area contributed by atoms with Crippen LogP contribution in [0.4, 0.5) is 0 Å². The van der Waals surface area contributed by atoms with Gasteiger partial charge >= 0.3 is 0 Å². The second-order valence-electron chi connectivity index (χ2n) is 5.47. The Morgan fingerprint density at radius 2 is 2.05 bits per heavy atom. The van der Waals surface area contributed by atoms with E-state index in [1.807, 2.05) is 18.2 Å². The summed E-state index contributed by atoms with van der Waals surface area (Å²) < 4.78 is 11.6. The van der Waals surface area contributed by atoms with E-state index < -0.39 is 0 Å². The minimum atomic E-state index is 0.310. The quantitative estimate of drug-likeness (QED) is 0.900. The first-order chi connectivity index (χ1) is 9.28.